The molecule has 6 nitrogen and oxygen atoms in total. The van der Waals surface area contributed by atoms with Crippen molar-refractivity contribution in [3.8, 4) is 6.07 Å². The molecule has 0 spiro atoms. The van der Waals surface area contributed by atoms with E-state index in [0.717, 1.165) is 43.9 Å². The summed E-state index contributed by atoms with van der Waals surface area (Å²) in [6.07, 6.45) is 3.79. The van der Waals surface area contributed by atoms with Crippen LogP contribution in [0.25, 0.3) is 0 Å². The Morgan fingerprint density at radius 3 is 2.85 bits per heavy atom. The Hall–Kier alpha value is -2.85. The zero-order valence-corrected chi connectivity index (χ0v) is 14.2. The number of fused-ring (bicyclic) bond motifs is 1. The summed E-state index contributed by atoms with van der Waals surface area (Å²) in [6.45, 7) is 2.13. The third-order valence-electron chi connectivity index (χ3n) is 5.08. The molecule has 0 N–H and O–H groups in total. The summed E-state index contributed by atoms with van der Waals surface area (Å²) in [5.74, 6) is 0.102. The van der Waals surface area contributed by atoms with Gasteiger partial charge in [-0.3, -0.25) is 14.6 Å². The first kappa shape index (κ1) is 16.6. The van der Waals surface area contributed by atoms with Gasteiger partial charge in [-0.15, -0.1) is 0 Å². The number of aromatic nitrogens is 2. The fourth-order valence-electron chi connectivity index (χ4n) is 3.91. The number of carbonyl (C=O) groups is 1. The van der Waals surface area contributed by atoms with Gasteiger partial charge >= 0.3 is 0 Å². The van der Waals surface area contributed by atoms with E-state index in [0.29, 0.717) is 18.0 Å². The van der Waals surface area contributed by atoms with Crippen LogP contribution in [0.3, 0.4) is 0 Å². The molecule has 2 aliphatic rings. The van der Waals surface area contributed by atoms with E-state index >= 15 is 0 Å². The lowest BCUT2D eigenvalue weighted by molar-refractivity contribution is -0.124. The van der Waals surface area contributed by atoms with Crippen molar-refractivity contribution in [2.45, 2.75) is 18.9 Å². The molecule has 7 heteroatoms. The monoisotopic (exact) mass is 351 g/mol. The zero-order valence-electron chi connectivity index (χ0n) is 14.2. The lowest BCUT2D eigenvalue weighted by atomic mass is 9.95. The maximum absolute atomic E-state index is 13.0. The number of halogens is 1. The molecule has 2 aliphatic heterocycles. The van der Waals surface area contributed by atoms with E-state index in [1.165, 1.54) is 0 Å². The van der Waals surface area contributed by atoms with E-state index in [9.17, 15) is 9.18 Å². The topological polar surface area (TPSA) is 73.1 Å². The van der Waals surface area contributed by atoms with Crippen LogP contribution in [0.4, 0.5) is 10.3 Å². The second-order valence-corrected chi connectivity index (χ2v) is 6.82. The molecular formula is C19H18FN5O. The Morgan fingerprint density at radius 1 is 1.27 bits per heavy atom. The first-order valence-corrected chi connectivity index (χ1v) is 8.66. The van der Waals surface area contributed by atoms with Gasteiger partial charge in [0.05, 0.1) is 30.1 Å². The van der Waals surface area contributed by atoms with E-state index in [1.54, 1.807) is 11.0 Å². The van der Waals surface area contributed by atoms with Crippen molar-refractivity contribution in [3.05, 3.63) is 53.6 Å². The number of anilines is 1. The van der Waals surface area contributed by atoms with Crippen molar-refractivity contribution < 1.29 is 9.18 Å². The Balaban J connectivity index is 1.46. The minimum Gasteiger partial charge on any atom is -0.290 e. The van der Waals surface area contributed by atoms with Crippen molar-refractivity contribution in [2.75, 3.05) is 24.5 Å². The maximum atomic E-state index is 13.0. The number of rotatable bonds is 3. The van der Waals surface area contributed by atoms with E-state index in [2.05, 4.69) is 20.9 Å². The van der Waals surface area contributed by atoms with Crippen LogP contribution in [0.1, 0.15) is 17.5 Å². The Morgan fingerprint density at radius 2 is 2.08 bits per heavy atom. The Kier molecular flexibility index (Phi) is 4.35. The molecule has 26 heavy (non-hydrogen) atoms. The van der Waals surface area contributed by atoms with Gasteiger partial charge in [0.15, 0.2) is 5.82 Å². The van der Waals surface area contributed by atoms with Crippen molar-refractivity contribution in [1.82, 2.24) is 14.9 Å². The largest absolute Gasteiger partial charge is 0.290 e. The number of nitriles is 1. The third kappa shape index (κ3) is 3.16. The van der Waals surface area contributed by atoms with Gasteiger partial charge in [0.2, 0.25) is 11.9 Å². The van der Waals surface area contributed by atoms with Crippen LogP contribution in [0.5, 0.6) is 0 Å². The Bertz CT molecular complexity index is 863. The van der Waals surface area contributed by atoms with Crippen LogP contribution in [0.2, 0.25) is 0 Å². The zero-order chi connectivity index (χ0) is 18.1. The van der Waals surface area contributed by atoms with E-state index in [1.807, 2.05) is 18.2 Å². The smallest absolute Gasteiger partial charge is 0.246 e. The summed E-state index contributed by atoms with van der Waals surface area (Å²) < 4.78 is 13.0. The molecule has 0 saturated carbocycles. The van der Waals surface area contributed by atoms with Crippen LogP contribution in [0, 0.1) is 23.1 Å². The molecule has 1 aromatic carbocycles. The summed E-state index contributed by atoms with van der Waals surface area (Å²) in [5, 5.41) is 9.04. The molecule has 2 aromatic rings. The second kappa shape index (κ2) is 6.81. The number of nitrogens with zero attached hydrogens (tertiary/aromatic N) is 5. The number of carbonyl (C=O) groups excluding carboxylic acids is 1. The highest BCUT2D eigenvalue weighted by atomic mass is 19.1. The molecule has 0 bridgehead atoms. The van der Waals surface area contributed by atoms with Crippen molar-refractivity contribution in [2.24, 2.45) is 5.92 Å². The first-order chi connectivity index (χ1) is 12.6. The van der Waals surface area contributed by atoms with E-state index < -0.39 is 5.82 Å². The molecule has 0 radical (unpaired) electrons. The van der Waals surface area contributed by atoms with Gasteiger partial charge in [0.25, 0.3) is 0 Å². The number of piperazine rings is 1. The quantitative estimate of drug-likeness (QED) is 0.843. The molecule has 0 unspecified atom stereocenters. The predicted molar refractivity (Wildman–Crippen MR) is 92.7 cm³/mol. The fraction of sp³-hybridized carbons (Fsp3) is 0.368. The molecule has 1 amide bonds. The SMILES string of the molecule is N#Cc1cccc(C[C@H]2C[C@H]3C(=O)N(c4ncc(F)cn4)CCN3C2)c1. The number of hydrogen-bond acceptors (Lipinski definition) is 5. The molecule has 4 rings (SSSR count). The lowest BCUT2D eigenvalue weighted by Gasteiger charge is -2.35. The summed E-state index contributed by atoms with van der Waals surface area (Å²) in [6, 6.07) is 9.62. The van der Waals surface area contributed by atoms with Gasteiger partial charge in [0.1, 0.15) is 0 Å². The van der Waals surface area contributed by atoms with E-state index in [-0.39, 0.29) is 17.9 Å². The number of amides is 1. The van der Waals surface area contributed by atoms with Crippen LogP contribution < -0.4 is 4.90 Å². The van der Waals surface area contributed by atoms with Crippen LogP contribution in [-0.4, -0.2) is 46.5 Å². The predicted octanol–water partition coefficient (Wildman–Crippen LogP) is 1.77. The standard InChI is InChI=1S/C19H18FN5O/c20-16-10-22-19(23-11-16)25-5-4-24-12-15(8-17(24)18(25)26)7-13-2-1-3-14(6-13)9-21/h1-3,6,10-11,15,17H,4-5,7-8,12H2/t15-,17-/m0/s1. The molecule has 0 aliphatic carbocycles. The number of hydrogen-bond donors (Lipinski definition) is 0. The van der Waals surface area contributed by atoms with Crippen LogP contribution in [-0.2, 0) is 11.2 Å². The highest BCUT2D eigenvalue weighted by molar-refractivity contribution is 5.96. The van der Waals surface area contributed by atoms with Crippen LogP contribution >= 0.6 is 0 Å². The molecular weight excluding hydrogens is 333 g/mol. The molecule has 2 fully saturated rings. The van der Waals surface area contributed by atoms with Gasteiger partial charge in [-0.2, -0.15) is 5.26 Å². The average molecular weight is 351 g/mol. The number of benzene rings is 1. The van der Waals surface area contributed by atoms with Gasteiger partial charge in [-0.25, -0.2) is 14.4 Å². The van der Waals surface area contributed by atoms with E-state index in [4.69, 9.17) is 5.26 Å². The van der Waals surface area contributed by atoms with Gasteiger partial charge in [-0.05, 0) is 36.5 Å². The highest BCUT2D eigenvalue weighted by Gasteiger charge is 2.42. The molecule has 2 atom stereocenters. The minimum absolute atomic E-state index is 0.0175. The summed E-state index contributed by atoms with van der Waals surface area (Å²) >= 11 is 0. The highest BCUT2D eigenvalue weighted by Crippen LogP contribution is 2.30. The normalized spacial score (nSPS) is 22.9. The lowest BCUT2D eigenvalue weighted by Crippen LogP contribution is -2.55. The molecule has 132 valence electrons. The van der Waals surface area contributed by atoms with Crippen molar-refractivity contribution in [1.29, 1.82) is 5.26 Å². The second-order valence-electron chi connectivity index (χ2n) is 6.82. The van der Waals surface area contributed by atoms with Crippen LogP contribution in [0.15, 0.2) is 36.7 Å². The maximum Gasteiger partial charge on any atom is 0.246 e. The minimum atomic E-state index is -0.514. The average Bonchev–Trinajstić information content (AvgIpc) is 3.07. The Labute approximate surface area is 150 Å². The summed E-state index contributed by atoms with van der Waals surface area (Å²) in [4.78, 5) is 24.5. The van der Waals surface area contributed by atoms with Gasteiger partial charge < -0.3 is 0 Å². The van der Waals surface area contributed by atoms with Crippen molar-refractivity contribution >= 4 is 11.9 Å². The summed E-state index contributed by atoms with van der Waals surface area (Å²) in [7, 11) is 0. The third-order valence-corrected chi connectivity index (χ3v) is 5.08. The fourth-order valence-corrected chi connectivity index (χ4v) is 3.91. The molecule has 3 heterocycles. The van der Waals surface area contributed by atoms with Gasteiger partial charge in [0, 0.05) is 19.6 Å². The summed E-state index contributed by atoms with van der Waals surface area (Å²) in [5.41, 5.74) is 1.79. The van der Waals surface area contributed by atoms with Gasteiger partial charge in [-0.1, -0.05) is 12.1 Å². The molecule has 1 aromatic heterocycles. The molecule has 2 saturated heterocycles. The first-order valence-electron chi connectivity index (χ1n) is 8.66. The van der Waals surface area contributed by atoms with Crippen molar-refractivity contribution in [3.63, 3.8) is 0 Å².